The molecule has 0 radical (unpaired) electrons. The molecule has 3 aromatic carbocycles. The van der Waals surface area contributed by atoms with E-state index in [1.807, 2.05) is 72.8 Å². The Hall–Kier alpha value is -3.66. The minimum absolute atomic E-state index is 0.119. The number of amides is 1. The van der Waals surface area contributed by atoms with Crippen molar-refractivity contribution >= 4 is 11.6 Å². The average molecular weight is 439 g/mol. The van der Waals surface area contributed by atoms with E-state index >= 15 is 0 Å². The largest absolute Gasteiger partial charge is 0.340 e. The SMILES string of the molecule is CC(C)c1c(C(=O)Nc2ccccc2)c(-c2ccccc2)c(-c2ccc(F)cc2)n1C1CC1. The number of hydrogen-bond donors (Lipinski definition) is 1. The van der Waals surface area contributed by atoms with Gasteiger partial charge in [-0.1, -0.05) is 62.4 Å². The number of halogens is 1. The first-order chi connectivity index (χ1) is 16.0. The fraction of sp³-hybridized carbons (Fsp3) is 0.207. The van der Waals surface area contributed by atoms with Crippen LogP contribution >= 0.6 is 0 Å². The fourth-order valence-corrected chi connectivity index (χ4v) is 4.61. The van der Waals surface area contributed by atoms with E-state index in [9.17, 15) is 9.18 Å². The fourth-order valence-electron chi connectivity index (χ4n) is 4.61. The second kappa shape index (κ2) is 8.70. The van der Waals surface area contributed by atoms with Gasteiger partial charge in [-0.05, 0) is 66.3 Å². The summed E-state index contributed by atoms with van der Waals surface area (Å²) in [4.78, 5) is 13.8. The number of para-hydroxylation sites is 1. The molecule has 0 spiro atoms. The summed E-state index contributed by atoms with van der Waals surface area (Å²) < 4.78 is 16.2. The number of aromatic nitrogens is 1. The second-order valence-electron chi connectivity index (χ2n) is 8.93. The lowest BCUT2D eigenvalue weighted by Crippen LogP contribution is -2.16. The zero-order valence-electron chi connectivity index (χ0n) is 18.9. The van der Waals surface area contributed by atoms with Gasteiger partial charge >= 0.3 is 0 Å². The number of rotatable bonds is 6. The summed E-state index contributed by atoms with van der Waals surface area (Å²) >= 11 is 0. The summed E-state index contributed by atoms with van der Waals surface area (Å²) in [7, 11) is 0. The Morgan fingerprint density at radius 3 is 2.06 bits per heavy atom. The van der Waals surface area contributed by atoms with Crippen molar-refractivity contribution < 1.29 is 9.18 Å². The smallest absolute Gasteiger partial charge is 0.258 e. The highest BCUT2D eigenvalue weighted by Gasteiger charge is 2.36. The lowest BCUT2D eigenvalue weighted by molar-refractivity contribution is 0.102. The Balaban J connectivity index is 1.81. The lowest BCUT2D eigenvalue weighted by Gasteiger charge is -2.16. The molecule has 1 fully saturated rings. The number of benzene rings is 3. The standard InChI is InChI=1S/C29H27FN2O/c1-19(2)27-26(29(33)31-23-11-7-4-8-12-23)25(20-9-5-3-6-10-20)28(32(27)24-17-18-24)21-13-15-22(30)16-14-21/h3-16,19,24H,17-18H2,1-2H3,(H,31,33). The molecule has 1 amide bonds. The molecule has 0 bridgehead atoms. The number of carbonyl (C=O) groups excluding carboxylic acids is 1. The van der Waals surface area contributed by atoms with Gasteiger partial charge in [0, 0.05) is 23.0 Å². The van der Waals surface area contributed by atoms with Crippen molar-refractivity contribution in [1.29, 1.82) is 0 Å². The molecule has 5 rings (SSSR count). The maximum absolute atomic E-state index is 13.8. The highest BCUT2D eigenvalue weighted by atomic mass is 19.1. The summed E-state index contributed by atoms with van der Waals surface area (Å²) in [5.74, 6) is -0.249. The molecule has 1 heterocycles. The molecule has 1 aromatic heterocycles. The van der Waals surface area contributed by atoms with Crippen LogP contribution in [0.15, 0.2) is 84.9 Å². The number of hydrogen-bond acceptors (Lipinski definition) is 1. The third-order valence-corrected chi connectivity index (χ3v) is 6.14. The zero-order chi connectivity index (χ0) is 22.9. The Kier molecular flexibility index (Phi) is 5.59. The summed E-state index contributed by atoms with van der Waals surface area (Å²) in [5.41, 5.74) is 6.30. The van der Waals surface area contributed by atoms with Gasteiger partial charge in [0.05, 0.1) is 11.3 Å². The van der Waals surface area contributed by atoms with E-state index in [4.69, 9.17) is 0 Å². The number of carbonyl (C=O) groups is 1. The summed E-state index contributed by atoms with van der Waals surface area (Å²) in [5, 5.41) is 3.11. The molecule has 1 aliphatic rings. The molecular formula is C29H27FN2O. The molecule has 0 atom stereocenters. The van der Waals surface area contributed by atoms with Gasteiger partial charge in [-0.3, -0.25) is 4.79 Å². The van der Waals surface area contributed by atoms with E-state index in [-0.39, 0.29) is 17.6 Å². The quantitative estimate of drug-likeness (QED) is 0.329. The van der Waals surface area contributed by atoms with Crippen LogP contribution in [0.5, 0.6) is 0 Å². The van der Waals surface area contributed by atoms with Crippen molar-refractivity contribution in [3.05, 3.63) is 102 Å². The summed E-state index contributed by atoms with van der Waals surface area (Å²) in [6, 6.07) is 26.6. The van der Waals surface area contributed by atoms with Crippen LogP contribution in [0.1, 0.15) is 54.7 Å². The molecule has 1 aliphatic carbocycles. The minimum Gasteiger partial charge on any atom is -0.340 e. The van der Waals surface area contributed by atoms with Crippen molar-refractivity contribution in [3.63, 3.8) is 0 Å². The zero-order valence-corrected chi connectivity index (χ0v) is 18.9. The van der Waals surface area contributed by atoms with E-state index in [1.54, 1.807) is 0 Å². The highest BCUT2D eigenvalue weighted by Crippen LogP contribution is 2.49. The Labute approximate surface area is 193 Å². The first-order valence-corrected chi connectivity index (χ1v) is 11.5. The van der Waals surface area contributed by atoms with Crippen LogP contribution in [0.4, 0.5) is 10.1 Å². The maximum Gasteiger partial charge on any atom is 0.258 e. The van der Waals surface area contributed by atoms with Gasteiger partial charge in [0.2, 0.25) is 0 Å². The van der Waals surface area contributed by atoms with Crippen LogP contribution in [0.3, 0.4) is 0 Å². The molecule has 1 saturated carbocycles. The van der Waals surface area contributed by atoms with Crippen molar-refractivity contribution in [2.45, 2.75) is 38.6 Å². The summed E-state index contributed by atoms with van der Waals surface area (Å²) in [6.45, 7) is 4.27. The van der Waals surface area contributed by atoms with Gasteiger partial charge in [-0.25, -0.2) is 4.39 Å². The van der Waals surface area contributed by atoms with Crippen molar-refractivity contribution in [2.75, 3.05) is 5.32 Å². The average Bonchev–Trinajstić information content (AvgIpc) is 3.60. The lowest BCUT2D eigenvalue weighted by atomic mass is 9.94. The Bertz CT molecular complexity index is 1270. The number of nitrogens with zero attached hydrogens (tertiary/aromatic N) is 1. The van der Waals surface area contributed by atoms with E-state index in [0.29, 0.717) is 11.6 Å². The van der Waals surface area contributed by atoms with Crippen LogP contribution < -0.4 is 5.32 Å². The number of anilines is 1. The second-order valence-corrected chi connectivity index (χ2v) is 8.93. The predicted molar refractivity (Wildman–Crippen MR) is 132 cm³/mol. The monoisotopic (exact) mass is 438 g/mol. The molecule has 1 N–H and O–H groups in total. The molecule has 4 heteroatoms. The first kappa shape index (κ1) is 21.2. The third kappa shape index (κ3) is 4.09. The van der Waals surface area contributed by atoms with E-state index in [2.05, 4.69) is 23.7 Å². The van der Waals surface area contributed by atoms with E-state index < -0.39 is 0 Å². The van der Waals surface area contributed by atoms with E-state index in [0.717, 1.165) is 46.6 Å². The molecule has 0 saturated heterocycles. The van der Waals surface area contributed by atoms with Crippen molar-refractivity contribution in [3.8, 4) is 22.4 Å². The van der Waals surface area contributed by atoms with Gasteiger partial charge in [0.25, 0.3) is 5.91 Å². The first-order valence-electron chi connectivity index (χ1n) is 11.5. The maximum atomic E-state index is 13.8. The number of nitrogens with one attached hydrogen (secondary N) is 1. The minimum atomic E-state index is -0.268. The third-order valence-electron chi connectivity index (χ3n) is 6.14. The van der Waals surface area contributed by atoms with Gasteiger partial charge in [0.15, 0.2) is 0 Å². The molecule has 166 valence electrons. The van der Waals surface area contributed by atoms with Crippen LogP contribution in [0.25, 0.3) is 22.4 Å². The molecule has 0 unspecified atom stereocenters. The van der Waals surface area contributed by atoms with Gasteiger partial charge < -0.3 is 9.88 Å². The van der Waals surface area contributed by atoms with Crippen LogP contribution in [0, 0.1) is 5.82 Å². The van der Waals surface area contributed by atoms with Gasteiger partial charge in [-0.15, -0.1) is 0 Å². The normalized spacial score (nSPS) is 13.3. The van der Waals surface area contributed by atoms with Crippen LogP contribution in [-0.4, -0.2) is 10.5 Å². The van der Waals surface area contributed by atoms with Gasteiger partial charge in [-0.2, -0.15) is 0 Å². The topological polar surface area (TPSA) is 34.0 Å². The molecule has 33 heavy (non-hydrogen) atoms. The van der Waals surface area contributed by atoms with Crippen LogP contribution in [0.2, 0.25) is 0 Å². The Morgan fingerprint density at radius 2 is 1.48 bits per heavy atom. The van der Waals surface area contributed by atoms with Crippen molar-refractivity contribution in [1.82, 2.24) is 4.57 Å². The highest BCUT2D eigenvalue weighted by molar-refractivity contribution is 6.12. The molecule has 3 nitrogen and oxygen atoms in total. The van der Waals surface area contributed by atoms with Crippen molar-refractivity contribution in [2.24, 2.45) is 0 Å². The van der Waals surface area contributed by atoms with Crippen LogP contribution in [-0.2, 0) is 0 Å². The molecule has 4 aromatic rings. The molecular weight excluding hydrogens is 411 g/mol. The summed E-state index contributed by atoms with van der Waals surface area (Å²) in [6.07, 6.45) is 2.16. The Morgan fingerprint density at radius 1 is 0.879 bits per heavy atom. The molecule has 0 aliphatic heterocycles. The van der Waals surface area contributed by atoms with Gasteiger partial charge in [0.1, 0.15) is 5.82 Å². The predicted octanol–water partition coefficient (Wildman–Crippen LogP) is 7.67. The van der Waals surface area contributed by atoms with E-state index in [1.165, 1.54) is 12.1 Å².